The average Bonchev–Trinajstić information content (AvgIpc) is 3.50. The fraction of sp³-hybridized carbons (Fsp3) is 0.296. The lowest BCUT2D eigenvalue weighted by Crippen LogP contribution is -2.35. The van der Waals surface area contributed by atoms with Crippen molar-refractivity contribution in [3.63, 3.8) is 0 Å². The number of carbonyl (C=O) groups is 2. The van der Waals surface area contributed by atoms with Gasteiger partial charge in [-0.25, -0.2) is 9.67 Å². The van der Waals surface area contributed by atoms with Crippen molar-refractivity contribution in [3.05, 3.63) is 64.6 Å². The first-order chi connectivity index (χ1) is 18.0. The maximum atomic E-state index is 13.1. The molecule has 1 aliphatic heterocycles. The Morgan fingerprint density at radius 2 is 1.95 bits per heavy atom. The summed E-state index contributed by atoms with van der Waals surface area (Å²) in [5, 5.41) is 8.84. The second-order valence-electron chi connectivity index (χ2n) is 9.32. The van der Waals surface area contributed by atoms with Gasteiger partial charge in [0, 0.05) is 49.1 Å². The molecule has 0 radical (unpaired) electrons. The molecule has 1 aliphatic carbocycles. The molecule has 2 amide bonds. The summed E-state index contributed by atoms with van der Waals surface area (Å²) in [6.07, 6.45) is 8.27. The number of thiazole rings is 1. The number of fused-ring (bicyclic) bond motifs is 3. The van der Waals surface area contributed by atoms with Crippen LogP contribution in [0.1, 0.15) is 47.8 Å². The van der Waals surface area contributed by atoms with E-state index in [0.29, 0.717) is 21.4 Å². The van der Waals surface area contributed by atoms with E-state index < -0.39 is 0 Å². The van der Waals surface area contributed by atoms with Crippen LogP contribution in [0.5, 0.6) is 0 Å². The molecule has 188 valence electrons. The molecule has 0 unspecified atom stereocenters. The molecule has 37 heavy (non-hydrogen) atoms. The Bertz CT molecular complexity index is 1510. The summed E-state index contributed by atoms with van der Waals surface area (Å²) < 4.78 is 1.85. The van der Waals surface area contributed by atoms with E-state index in [-0.39, 0.29) is 11.8 Å². The van der Waals surface area contributed by atoms with Crippen LogP contribution in [0.3, 0.4) is 0 Å². The predicted octanol–water partition coefficient (Wildman–Crippen LogP) is 5.39. The number of nitrogens with one attached hydrogen (secondary N) is 1. The molecule has 10 heteroatoms. The van der Waals surface area contributed by atoms with Crippen molar-refractivity contribution in [1.82, 2.24) is 24.6 Å². The van der Waals surface area contributed by atoms with Crippen LogP contribution in [-0.4, -0.2) is 49.6 Å². The van der Waals surface area contributed by atoms with Crippen molar-refractivity contribution in [1.29, 1.82) is 0 Å². The number of rotatable bonds is 4. The van der Waals surface area contributed by atoms with Gasteiger partial charge < -0.3 is 10.2 Å². The summed E-state index contributed by atoms with van der Waals surface area (Å²) in [6, 6.07) is 9.32. The normalized spacial score (nSPS) is 14.7. The van der Waals surface area contributed by atoms with E-state index in [1.165, 1.54) is 18.3 Å². The Morgan fingerprint density at radius 3 is 2.68 bits per heavy atom. The first-order valence-electron chi connectivity index (χ1n) is 12.4. The van der Waals surface area contributed by atoms with Crippen LogP contribution in [0.4, 0.5) is 5.13 Å². The number of hydrogen-bond donors (Lipinski definition) is 1. The largest absolute Gasteiger partial charge is 0.339 e. The smallest absolute Gasteiger partial charge is 0.253 e. The summed E-state index contributed by atoms with van der Waals surface area (Å²) in [5.74, 6) is -0.149. The topological polar surface area (TPSA) is 93.0 Å². The van der Waals surface area contributed by atoms with Crippen molar-refractivity contribution in [3.8, 4) is 27.5 Å². The molecule has 1 aromatic carbocycles. The molecule has 0 bridgehead atoms. The van der Waals surface area contributed by atoms with Crippen LogP contribution in [-0.2, 0) is 17.6 Å². The highest BCUT2D eigenvalue weighted by Crippen LogP contribution is 2.44. The van der Waals surface area contributed by atoms with E-state index in [9.17, 15) is 9.59 Å². The molecule has 6 rings (SSSR count). The Balaban J connectivity index is 1.47. The van der Waals surface area contributed by atoms with E-state index in [1.807, 2.05) is 33.8 Å². The third kappa shape index (κ3) is 4.42. The highest BCUT2D eigenvalue weighted by Gasteiger charge is 2.31. The molecule has 2 aliphatic rings. The molecule has 0 atom stereocenters. The first-order valence-corrected chi connectivity index (χ1v) is 13.6. The van der Waals surface area contributed by atoms with Crippen LogP contribution in [0, 0.1) is 0 Å². The number of pyridine rings is 1. The molecule has 8 nitrogen and oxygen atoms in total. The van der Waals surface area contributed by atoms with Crippen molar-refractivity contribution in [2.75, 3.05) is 18.4 Å². The summed E-state index contributed by atoms with van der Waals surface area (Å²) >= 11 is 8.27. The minimum atomic E-state index is -0.159. The number of anilines is 1. The predicted molar refractivity (Wildman–Crippen MR) is 144 cm³/mol. The highest BCUT2D eigenvalue weighted by atomic mass is 35.5. The lowest BCUT2D eigenvalue weighted by Gasteiger charge is -2.27. The van der Waals surface area contributed by atoms with Crippen LogP contribution >= 0.6 is 22.9 Å². The van der Waals surface area contributed by atoms with Crippen molar-refractivity contribution in [2.24, 2.45) is 0 Å². The lowest BCUT2D eigenvalue weighted by atomic mass is 9.95. The highest BCUT2D eigenvalue weighted by molar-refractivity contribution is 7.19. The minimum absolute atomic E-state index is 0.0105. The van der Waals surface area contributed by atoms with E-state index in [1.54, 1.807) is 18.5 Å². The van der Waals surface area contributed by atoms with Crippen molar-refractivity contribution >= 4 is 39.9 Å². The van der Waals surface area contributed by atoms with Gasteiger partial charge in [-0.3, -0.25) is 14.6 Å². The maximum absolute atomic E-state index is 13.1. The van der Waals surface area contributed by atoms with Gasteiger partial charge in [0.1, 0.15) is 0 Å². The zero-order chi connectivity index (χ0) is 25.5. The first kappa shape index (κ1) is 23.8. The monoisotopic (exact) mass is 532 g/mol. The van der Waals surface area contributed by atoms with Gasteiger partial charge in [-0.1, -0.05) is 22.9 Å². The van der Waals surface area contributed by atoms with E-state index in [0.717, 1.165) is 78.3 Å². The maximum Gasteiger partial charge on any atom is 0.253 e. The van der Waals surface area contributed by atoms with Gasteiger partial charge in [0.25, 0.3) is 5.91 Å². The average molecular weight is 533 g/mol. The Labute approximate surface area is 223 Å². The van der Waals surface area contributed by atoms with Gasteiger partial charge in [-0.2, -0.15) is 5.10 Å². The fourth-order valence-corrected chi connectivity index (χ4v) is 6.45. The summed E-state index contributed by atoms with van der Waals surface area (Å²) in [4.78, 5) is 36.6. The van der Waals surface area contributed by atoms with E-state index in [4.69, 9.17) is 16.7 Å². The standard InChI is InChI=1S/C27H25ClN6O2S/c1-16(35)30-27-31-21-9-8-19-23(18-6-5-11-29-15-18)32-34(24(19)25(21)37-27)22-10-7-17(14-20(22)28)26(36)33-12-3-2-4-13-33/h5-7,10-11,14-15H,2-4,8-9,12-13H2,1H3,(H,30,31,35). The molecule has 1 saturated heterocycles. The molecule has 0 spiro atoms. The zero-order valence-corrected chi connectivity index (χ0v) is 21.9. The van der Waals surface area contributed by atoms with Gasteiger partial charge in [-0.05, 0) is 62.4 Å². The van der Waals surface area contributed by atoms with E-state index >= 15 is 0 Å². The number of carbonyl (C=O) groups excluding carboxylic acids is 2. The Kier molecular flexibility index (Phi) is 6.26. The number of piperidine rings is 1. The Morgan fingerprint density at radius 1 is 1.11 bits per heavy atom. The SMILES string of the molecule is CC(=O)Nc1nc2c(s1)-c1c(c(-c3cccnc3)nn1-c1ccc(C(=O)N3CCCCC3)cc1Cl)CC2. The van der Waals surface area contributed by atoms with Crippen molar-refractivity contribution in [2.45, 2.75) is 39.0 Å². The third-order valence-corrected chi connectivity index (χ3v) is 8.11. The second kappa shape index (κ2) is 9.72. The molecule has 0 saturated carbocycles. The van der Waals surface area contributed by atoms with Crippen molar-refractivity contribution < 1.29 is 9.59 Å². The third-order valence-electron chi connectivity index (χ3n) is 6.79. The number of benzene rings is 1. The number of aromatic nitrogens is 4. The van der Waals surface area contributed by atoms with Gasteiger partial charge >= 0.3 is 0 Å². The molecular formula is C27H25ClN6O2S. The number of nitrogens with zero attached hydrogens (tertiary/aromatic N) is 5. The summed E-state index contributed by atoms with van der Waals surface area (Å²) in [5.41, 5.74) is 5.94. The second-order valence-corrected chi connectivity index (χ2v) is 10.7. The Hall–Kier alpha value is -3.56. The quantitative estimate of drug-likeness (QED) is 0.380. The number of amides is 2. The number of halogens is 1. The summed E-state index contributed by atoms with van der Waals surface area (Å²) in [6.45, 7) is 3.04. The van der Waals surface area contributed by atoms with Crippen LogP contribution in [0.2, 0.25) is 5.02 Å². The number of hydrogen-bond acceptors (Lipinski definition) is 6. The number of aryl methyl sites for hydroxylation is 1. The zero-order valence-electron chi connectivity index (χ0n) is 20.3. The molecular weight excluding hydrogens is 508 g/mol. The van der Waals surface area contributed by atoms with Crippen LogP contribution < -0.4 is 5.32 Å². The lowest BCUT2D eigenvalue weighted by molar-refractivity contribution is -0.114. The molecule has 1 N–H and O–H groups in total. The fourth-order valence-electron chi connectivity index (χ4n) is 5.07. The minimum Gasteiger partial charge on any atom is -0.339 e. The van der Waals surface area contributed by atoms with Gasteiger partial charge in [0.2, 0.25) is 5.91 Å². The molecule has 4 heterocycles. The van der Waals surface area contributed by atoms with Crippen LogP contribution in [0.15, 0.2) is 42.7 Å². The van der Waals surface area contributed by atoms with Crippen LogP contribution in [0.25, 0.3) is 27.5 Å². The van der Waals surface area contributed by atoms with Gasteiger partial charge in [0.05, 0.1) is 32.7 Å². The number of likely N-dealkylation sites (tertiary alicyclic amines) is 1. The molecule has 1 fully saturated rings. The van der Waals surface area contributed by atoms with E-state index in [2.05, 4.69) is 15.3 Å². The van der Waals surface area contributed by atoms with Gasteiger partial charge in [-0.15, -0.1) is 0 Å². The molecule has 3 aromatic heterocycles. The molecule has 4 aromatic rings. The van der Waals surface area contributed by atoms with Gasteiger partial charge in [0.15, 0.2) is 5.13 Å². The summed E-state index contributed by atoms with van der Waals surface area (Å²) in [7, 11) is 0.